The van der Waals surface area contributed by atoms with Crippen molar-refractivity contribution in [3.63, 3.8) is 0 Å². The van der Waals surface area contributed by atoms with Crippen molar-refractivity contribution >= 4 is 5.91 Å². The lowest BCUT2D eigenvalue weighted by Gasteiger charge is -2.38. The molecule has 2 heterocycles. The maximum Gasteiger partial charge on any atom is 0.254 e. The number of pyridine rings is 1. The monoisotopic (exact) mass is 340 g/mol. The minimum atomic E-state index is -0.183. The molecular weight excluding hydrogens is 316 g/mol. The van der Waals surface area contributed by atoms with E-state index < -0.39 is 0 Å². The number of hydrogen-bond acceptors (Lipinski definition) is 3. The molecule has 132 valence electrons. The number of rotatable bonds is 2. The van der Waals surface area contributed by atoms with E-state index in [1.165, 1.54) is 16.2 Å². The number of nitrogens with zero attached hydrogens (tertiary/aromatic N) is 2. The average molecular weight is 340 g/mol. The Balaban J connectivity index is 1.87. The van der Waals surface area contributed by atoms with Crippen LogP contribution >= 0.6 is 0 Å². The van der Waals surface area contributed by atoms with Crippen LogP contribution in [0.25, 0.3) is 0 Å². The molecule has 1 aromatic heterocycles. The second-order valence-corrected chi connectivity index (χ2v) is 6.85. The van der Waals surface area contributed by atoms with Crippen LogP contribution in [-0.4, -0.2) is 34.6 Å². The van der Waals surface area contributed by atoms with Gasteiger partial charge in [0.1, 0.15) is 6.10 Å². The molecule has 2 aromatic rings. The normalized spacial score (nSPS) is 20.6. The van der Waals surface area contributed by atoms with E-state index >= 15 is 0 Å². The highest BCUT2D eigenvalue weighted by Crippen LogP contribution is 2.28. The first kappa shape index (κ1) is 17.4. The molecule has 2 atom stereocenters. The molecule has 5 heteroatoms. The first-order valence-corrected chi connectivity index (χ1v) is 8.53. The molecule has 0 bridgehead atoms. The molecule has 0 aliphatic carbocycles. The van der Waals surface area contributed by atoms with E-state index in [2.05, 4.69) is 32.0 Å². The fraction of sp³-hybridized carbons (Fsp3) is 0.400. The second kappa shape index (κ2) is 6.84. The van der Waals surface area contributed by atoms with E-state index in [-0.39, 0.29) is 23.6 Å². The zero-order valence-corrected chi connectivity index (χ0v) is 15.2. The molecular formula is C20H24N2O3. The molecule has 5 nitrogen and oxygen atoms in total. The van der Waals surface area contributed by atoms with Crippen LogP contribution in [0.15, 0.2) is 41.3 Å². The molecule has 1 aliphatic heterocycles. The lowest BCUT2D eigenvalue weighted by atomic mass is 9.98. The summed E-state index contributed by atoms with van der Waals surface area (Å²) in [7, 11) is 1.67. The van der Waals surface area contributed by atoms with Crippen LogP contribution in [0.1, 0.15) is 40.1 Å². The Morgan fingerprint density at radius 2 is 1.96 bits per heavy atom. The van der Waals surface area contributed by atoms with E-state index in [0.29, 0.717) is 18.7 Å². The van der Waals surface area contributed by atoms with Crippen LogP contribution < -0.4 is 5.56 Å². The van der Waals surface area contributed by atoms with Crippen molar-refractivity contribution in [3.8, 4) is 0 Å². The van der Waals surface area contributed by atoms with Crippen molar-refractivity contribution in [1.29, 1.82) is 0 Å². The molecule has 1 amide bonds. The number of benzene rings is 1. The Morgan fingerprint density at radius 3 is 2.68 bits per heavy atom. The molecule has 3 rings (SSSR count). The first-order valence-electron chi connectivity index (χ1n) is 8.53. The van der Waals surface area contributed by atoms with Crippen LogP contribution in [0, 0.1) is 13.8 Å². The first-order chi connectivity index (χ1) is 11.9. The van der Waals surface area contributed by atoms with Gasteiger partial charge in [-0.25, -0.2) is 0 Å². The summed E-state index contributed by atoms with van der Waals surface area (Å²) < 4.78 is 7.47. The predicted molar refractivity (Wildman–Crippen MR) is 96.8 cm³/mol. The number of carbonyl (C=O) groups is 1. The summed E-state index contributed by atoms with van der Waals surface area (Å²) in [6.07, 6.45) is 1.48. The molecule has 1 aromatic carbocycles. The SMILES string of the molecule is Cc1ccc(C)c([C@@H]2CN(C(=O)c3ccn(C)c(=O)c3)[C@H](C)CO2)c1. The quantitative estimate of drug-likeness (QED) is 0.844. The van der Waals surface area contributed by atoms with Crippen LogP contribution in [0.4, 0.5) is 0 Å². The Labute approximate surface area is 147 Å². The lowest BCUT2D eigenvalue weighted by Crippen LogP contribution is -2.48. The number of morpholine rings is 1. The molecule has 1 fully saturated rings. The molecule has 0 radical (unpaired) electrons. The van der Waals surface area contributed by atoms with Gasteiger partial charge in [0.05, 0.1) is 19.2 Å². The van der Waals surface area contributed by atoms with Gasteiger partial charge < -0.3 is 14.2 Å². The number of carbonyl (C=O) groups excluding carboxylic acids is 1. The third-order valence-electron chi connectivity index (χ3n) is 4.83. The van der Waals surface area contributed by atoms with Crippen molar-refractivity contribution in [3.05, 3.63) is 69.1 Å². The Kier molecular flexibility index (Phi) is 4.77. The molecule has 0 saturated carbocycles. The van der Waals surface area contributed by atoms with Crippen LogP contribution in [0.3, 0.4) is 0 Å². The predicted octanol–water partition coefficient (Wildman–Crippen LogP) is 2.60. The van der Waals surface area contributed by atoms with Crippen LogP contribution in [-0.2, 0) is 11.8 Å². The highest BCUT2D eigenvalue weighted by Gasteiger charge is 2.31. The fourth-order valence-corrected chi connectivity index (χ4v) is 3.18. The van der Waals surface area contributed by atoms with Crippen molar-refractivity contribution in [1.82, 2.24) is 9.47 Å². The number of hydrogen-bond donors (Lipinski definition) is 0. The minimum absolute atomic E-state index is 0.0297. The van der Waals surface area contributed by atoms with Crippen LogP contribution in [0.2, 0.25) is 0 Å². The summed E-state index contributed by atoms with van der Waals surface area (Å²) in [5, 5.41) is 0. The van der Waals surface area contributed by atoms with Gasteiger partial charge in [-0.2, -0.15) is 0 Å². The van der Waals surface area contributed by atoms with Crippen molar-refractivity contribution < 1.29 is 9.53 Å². The smallest absolute Gasteiger partial charge is 0.254 e. The van der Waals surface area contributed by atoms with Crippen molar-refractivity contribution in [2.75, 3.05) is 13.2 Å². The van der Waals surface area contributed by atoms with Gasteiger partial charge in [0.2, 0.25) is 0 Å². The molecule has 25 heavy (non-hydrogen) atoms. The largest absolute Gasteiger partial charge is 0.370 e. The number of ether oxygens (including phenoxy) is 1. The van der Waals surface area contributed by atoms with Gasteiger partial charge >= 0.3 is 0 Å². The van der Waals surface area contributed by atoms with Gasteiger partial charge in [-0.15, -0.1) is 0 Å². The highest BCUT2D eigenvalue weighted by atomic mass is 16.5. The maximum absolute atomic E-state index is 12.9. The summed E-state index contributed by atoms with van der Waals surface area (Å²) in [4.78, 5) is 26.6. The summed E-state index contributed by atoms with van der Waals surface area (Å²) in [6, 6.07) is 9.34. The van der Waals surface area contributed by atoms with Gasteiger partial charge in [-0.05, 0) is 38.0 Å². The zero-order chi connectivity index (χ0) is 18.1. The fourth-order valence-electron chi connectivity index (χ4n) is 3.18. The van der Waals surface area contributed by atoms with E-state index in [4.69, 9.17) is 4.74 Å². The van der Waals surface area contributed by atoms with Gasteiger partial charge in [0.15, 0.2) is 0 Å². The maximum atomic E-state index is 12.9. The van der Waals surface area contributed by atoms with Crippen molar-refractivity contribution in [2.24, 2.45) is 7.05 Å². The van der Waals surface area contributed by atoms with Gasteiger partial charge in [-0.1, -0.05) is 23.8 Å². The third kappa shape index (κ3) is 3.51. The molecule has 1 saturated heterocycles. The number of aromatic nitrogens is 1. The standard InChI is InChI=1S/C20H24N2O3/c1-13-5-6-14(2)17(9-13)18-11-22(15(3)12-25-18)20(24)16-7-8-21(4)19(23)10-16/h5-10,15,18H,11-12H2,1-4H3/t15-,18+/m1/s1. The van der Waals surface area contributed by atoms with E-state index in [1.54, 1.807) is 19.3 Å². The van der Waals surface area contributed by atoms with E-state index in [0.717, 1.165) is 11.1 Å². The number of aryl methyl sites for hydroxylation is 3. The summed E-state index contributed by atoms with van der Waals surface area (Å²) in [5.74, 6) is -0.121. The molecule has 0 spiro atoms. The Morgan fingerprint density at radius 1 is 1.20 bits per heavy atom. The summed E-state index contributed by atoms with van der Waals surface area (Å²) in [6.45, 7) is 7.05. The molecule has 1 aliphatic rings. The van der Waals surface area contributed by atoms with Gasteiger partial charge in [0, 0.05) is 24.9 Å². The van der Waals surface area contributed by atoms with Crippen molar-refractivity contribution in [2.45, 2.75) is 32.9 Å². The Hall–Kier alpha value is -2.40. The summed E-state index contributed by atoms with van der Waals surface area (Å²) in [5.41, 5.74) is 3.70. The lowest BCUT2D eigenvalue weighted by molar-refractivity contribution is -0.0489. The highest BCUT2D eigenvalue weighted by molar-refractivity contribution is 5.94. The zero-order valence-electron chi connectivity index (χ0n) is 15.2. The van der Waals surface area contributed by atoms with E-state index in [9.17, 15) is 9.59 Å². The Bertz CT molecular complexity index is 856. The number of amides is 1. The molecule has 0 unspecified atom stereocenters. The van der Waals surface area contributed by atoms with Gasteiger partial charge in [-0.3, -0.25) is 9.59 Å². The minimum Gasteiger partial charge on any atom is -0.370 e. The third-order valence-corrected chi connectivity index (χ3v) is 4.83. The molecule has 0 N–H and O–H groups in total. The topological polar surface area (TPSA) is 51.5 Å². The van der Waals surface area contributed by atoms with Crippen LogP contribution in [0.5, 0.6) is 0 Å². The second-order valence-electron chi connectivity index (χ2n) is 6.85. The van der Waals surface area contributed by atoms with Gasteiger partial charge in [0.25, 0.3) is 11.5 Å². The average Bonchev–Trinajstić information content (AvgIpc) is 2.59. The summed E-state index contributed by atoms with van der Waals surface area (Å²) >= 11 is 0. The van der Waals surface area contributed by atoms with E-state index in [1.807, 2.05) is 11.8 Å².